The van der Waals surface area contributed by atoms with Gasteiger partial charge in [-0.2, -0.15) is 0 Å². The van der Waals surface area contributed by atoms with Crippen LogP contribution < -0.4 is 10.1 Å². The number of rotatable bonds is 2. The molecule has 1 aliphatic rings. The van der Waals surface area contributed by atoms with Crippen molar-refractivity contribution in [2.24, 2.45) is 0 Å². The molecule has 0 aliphatic heterocycles. The Kier molecular flexibility index (Phi) is 3.70. The summed E-state index contributed by atoms with van der Waals surface area (Å²) in [6.07, 6.45) is 5.80. The van der Waals surface area contributed by atoms with Crippen molar-refractivity contribution in [3.05, 3.63) is 28.4 Å². The summed E-state index contributed by atoms with van der Waals surface area (Å²) in [6, 6.07) is 3.77. The maximum atomic E-state index is 6.42. The number of fused-ring (bicyclic) bond motifs is 2. The van der Waals surface area contributed by atoms with Crippen LogP contribution in [0.25, 0.3) is 10.9 Å². The van der Waals surface area contributed by atoms with E-state index in [0.717, 1.165) is 40.2 Å². The molecule has 1 aromatic heterocycles. The van der Waals surface area contributed by atoms with E-state index >= 15 is 0 Å². The maximum Gasteiger partial charge on any atom is 0.145 e. The third-order valence-corrected chi connectivity index (χ3v) is 4.36. The van der Waals surface area contributed by atoms with Crippen molar-refractivity contribution in [3.8, 4) is 5.75 Å². The lowest BCUT2D eigenvalue weighted by molar-refractivity contribution is 0.419. The summed E-state index contributed by atoms with van der Waals surface area (Å²) in [5.41, 5.74) is 4.51. The van der Waals surface area contributed by atoms with Crippen LogP contribution in [0, 0.1) is 0 Å². The first-order valence-electron chi connectivity index (χ1n) is 7.12. The van der Waals surface area contributed by atoms with Crippen molar-refractivity contribution in [3.63, 3.8) is 0 Å². The summed E-state index contributed by atoms with van der Waals surface area (Å²) in [5, 5.41) is 5.05. The number of nitrogens with one attached hydrogen (secondary N) is 1. The van der Waals surface area contributed by atoms with Crippen molar-refractivity contribution in [2.75, 3.05) is 19.5 Å². The van der Waals surface area contributed by atoms with Crippen LogP contribution in [-0.4, -0.2) is 19.1 Å². The molecule has 1 N–H and O–H groups in total. The fraction of sp³-hybridized carbons (Fsp3) is 0.438. The Morgan fingerprint density at radius 3 is 2.75 bits per heavy atom. The van der Waals surface area contributed by atoms with E-state index in [2.05, 4.69) is 5.32 Å². The fourth-order valence-electron chi connectivity index (χ4n) is 3.08. The molecule has 0 spiro atoms. The Bertz CT molecular complexity index is 655. The lowest BCUT2D eigenvalue weighted by Gasteiger charge is -2.17. The van der Waals surface area contributed by atoms with E-state index < -0.39 is 0 Å². The molecule has 20 heavy (non-hydrogen) atoms. The normalized spacial score (nSPS) is 14.8. The van der Waals surface area contributed by atoms with Gasteiger partial charge in [-0.15, -0.1) is 0 Å². The molecule has 0 unspecified atom stereocenters. The number of methoxy groups -OCH3 is 1. The van der Waals surface area contributed by atoms with Crippen molar-refractivity contribution < 1.29 is 4.74 Å². The molecule has 1 heterocycles. The van der Waals surface area contributed by atoms with Gasteiger partial charge in [-0.3, -0.25) is 0 Å². The molecule has 3 rings (SSSR count). The first kappa shape index (κ1) is 13.5. The highest BCUT2D eigenvalue weighted by atomic mass is 35.5. The molecule has 1 aliphatic carbocycles. The number of halogens is 1. The summed E-state index contributed by atoms with van der Waals surface area (Å²) in [6.45, 7) is 0. The van der Waals surface area contributed by atoms with Crippen molar-refractivity contribution in [2.45, 2.75) is 32.1 Å². The smallest absolute Gasteiger partial charge is 0.145 e. The molecule has 106 valence electrons. The van der Waals surface area contributed by atoms with Crippen LogP contribution >= 0.6 is 11.6 Å². The molecule has 3 nitrogen and oxygen atoms in total. The number of nitrogens with zero attached hydrogens (tertiary/aromatic N) is 1. The summed E-state index contributed by atoms with van der Waals surface area (Å²) in [5.74, 6) is 0.785. The van der Waals surface area contributed by atoms with Gasteiger partial charge in [0.2, 0.25) is 0 Å². The van der Waals surface area contributed by atoms with Gasteiger partial charge in [-0.1, -0.05) is 18.0 Å². The van der Waals surface area contributed by atoms with Crippen LogP contribution in [0.2, 0.25) is 5.02 Å². The lowest BCUT2D eigenvalue weighted by Crippen LogP contribution is -2.04. The molecule has 1 aromatic carbocycles. The molecular formula is C16H19ClN2O. The molecule has 2 aromatic rings. The first-order chi connectivity index (χ1) is 9.76. The molecule has 0 amide bonds. The highest BCUT2D eigenvalue weighted by Gasteiger charge is 2.20. The van der Waals surface area contributed by atoms with Gasteiger partial charge in [0, 0.05) is 18.1 Å². The SMILES string of the molecule is CNc1c2c(nc3c(OC)ccc(Cl)c13)CCCCC2. The lowest BCUT2D eigenvalue weighted by atomic mass is 10.0. The van der Waals surface area contributed by atoms with E-state index in [1.165, 1.54) is 30.5 Å². The van der Waals surface area contributed by atoms with E-state index in [9.17, 15) is 0 Å². The standard InChI is InChI=1S/C16H19ClN2O/c1-18-15-10-6-4-3-5-7-12(10)19-16-13(20-2)9-8-11(17)14(15)16/h8-9H,3-7H2,1-2H3,(H,18,19). The first-order valence-corrected chi connectivity index (χ1v) is 7.49. The van der Waals surface area contributed by atoms with Gasteiger partial charge in [0.05, 0.1) is 17.8 Å². The molecule has 0 atom stereocenters. The van der Waals surface area contributed by atoms with E-state index in [1.54, 1.807) is 7.11 Å². The minimum Gasteiger partial charge on any atom is -0.494 e. The highest BCUT2D eigenvalue weighted by molar-refractivity contribution is 6.36. The zero-order chi connectivity index (χ0) is 14.1. The number of aryl methyl sites for hydroxylation is 1. The van der Waals surface area contributed by atoms with Crippen LogP contribution in [0.5, 0.6) is 5.75 Å². The quantitative estimate of drug-likeness (QED) is 0.842. The van der Waals surface area contributed by atoms with E-state index in [1.807, 2.05) is 19.2 Å². The van der Waals surface area contributed by atoms with Crippen LogP contribution in [0.15, 0.2) is 12.1 Å². The fourth-order valence-corrected chi connectivity index (χ4v) is 3.33. The molecule has 0 bridgehead atoms. The minimum absolute atomic E-state index is 0.727. The van der Waals surface area contributed by atoms with E-state index in [-0.39, 0.29) is 0 Å². The second kappa shape index (κ2) is 5.49. The zero-order valence-electron chi connectivity index (χ0n) is 11.9. The van der Waals surface area contributed by atoms with Gasteiger partial charge in [-0.05, 0) is 43.4 Å². The Labute approximate surface area is 124 Å². The van der Waals surface area contributed by atoms with Crippen molar-refractivity contribution >= 4 is 28.2 Å². The summed E-state index contributed by atoms with van der Waals surface area (Å²) < 4.78 is 5.46. The average Bonchev–Trinajstić information content (AvgIpc) is 2.70. The second-order valence-electron chi connectivity index (χ2n) is 5.20. The summed E-state index contributed by atoms with van der Waals surface area (Å²) in [4.78, 5) is 4.87. The number of aromatic nitrogens is 1. The van der Waals surface area contributed by atoms with Gasteiger partial charge in [-0.25, -0.2) is 4.98 Å². The monoisotopic (exact) mass is 290 g/mol. The minimum atomic E-state index is 0.727. The average molecular weight is 291 g/mol. The van der Waals surface area contributed by atoms with Gasteiger partial charge in [0.15, 0.2) is 0 Å². The number of ether oxygens (including phenoxy) is 1. The number of hydrogen-bond acceptors (Lipinski definition) is 3. The zero-order valence-corrected chi connectivity index (χ0v) is 12.7. The summed E-state index contributed by atoms with van der Waals surface area (Å²) in [7, 11) is 3.63. The van der Waals surface area contributed by atoms with E-state index in [0.29, 0.717) is 0 Å². The number of hydrogen-bond donors (Lipinski definition) is 1. The van der Waals surface area contributed by atoms with Gasteiger partial charge in [0.25, 0.3) is 0 Å². The molecule has 0 saturated carbocycles. The Morgan fingerprint density at radius 2 is 2.00 bits per heavy atom. The number of benzene rings is 1. The molecular weight excluding hydrogens is 272 g/mol. The van der Waals surface area contributed by atoms with Crippen molar-refractivity contribution in [1.82, 2.24) is 4.98 Å². The Morgan fingerprint density at radius 1 is 1.20 bits per heavy atom. The predicted molar refractivity (Wildman–Crippen MR) is 84.1 cm³/mol. The number of pyridine rings is 1. The predicted octanol–water partition coefficient (Wildman–Crippen LogP) is 4.21. The molecule has 0 radical (unpaired) electrons. The van der Waals surface area contributed by atoms with Gasteiger partial charge in [0.1, 0.15) is 11.3 Å². The van der Waals surface area contributed by atoms with Crippen LogP contribution in [0.1, 0.15) is 30.5 Å². The Hall–Kier alpha value is -1.48. The molecule has 4 heteroatoms. The summed E-state index contributed by atoms with van der Waals surface area (Å²) >= 11 is 6.42. The highest BCUT2D eigenvalue weighted by Crippen LogP contribution is 2.39. The Balaban J connectivity index is 2.38. The van der Waals surface area contributed by atoms with E-state index in [4.69, 9.17) is 21.3 Å². The second-order valence-corrected chi connectivity index (χ2v) is 5.60. The third kappa shape index (κ3) is 2.10. The largest absolute Gasteiger partial charge is 0.494 e. The van der Waals surface area contributed by atoms with Crippen LogP contribution in [0.4, 0.5) is 5.69 Å². The van der Waals surface area contributed by atoms with Gasteiger partial charge < -0.3 is 10.1 Å². The molecule has 0 saturated heterocycles. The number of anilines is 1. The maximum absolute atomic E-state index is 6.42. The van der Waals surface area contributed by atoms with Crippen molar-refractivity contribution in [1.29, 1.82) is 0 Å². The van der Waals surface area contributed by atoms with Crippen LogP contribution in [-0.2, 0) is 12.8 Å². The molecule has 0 fully saturated rings. The third-order valence-electron chi connectivity index (χ3n) is 4.05. The topological polar surface area (TPSA) is 34.2 Å². The van der Waals surface area contributed by atoms with Crippen LogP contribution in [0.3, 0.4) is 0 Å². The van der Waals surface area contributed by atoms with Gasteiger partial charge >= 0.3 is 0 Å².